The van der Waals surface area contributed by atoms with Gasteiger partial charge in [0, 0.05) is 34.5 Å². The number of fused-ring (bicyclic) bond motifs is 2. The first-order valence-corrected chi connectivity index (χ1v) is 9.05. The minimum Gasteiger partial charge on any atom is -0.390 e. The first-order valence-electron chi connectivity index (χ1n) is 8.67. The maximum atomic E-state index is 10.7. The van der Waals surface area contributed by atoms with Crippen LogP contribution in [-0.4, -0.2) is 21.7 Å². The van der Waals surface area contributed by atoms with Gasteiger partial charge < -0.3 is 15.4 Å². The van der Waals surface area contributed by atoms with Gasteiger partial charge >= 0.3 is 0 Å². The maximum Gasteiger partial charge on any atom is 0.0831 e. The number of halogens is 1. The average molecular weight is 355 g/mol. The lowest BCUT2D eigenvalue weighted by molar-refractivity contribution is 0.0869. The van der Waals surface area contributed by atoms with E-state index in [2.05, 4.69) is 54.5 Å². The van der Waals surface area contributed by atoms with Crippen molar-refractivity contribution in [2.75, 3.05) is 5.32 Å². The number of H-pyrrole nitrogens is 1. The van der Waals surface area contributed by atoms with Crippen LogP contribution in [0.3, 0.4) is 0 Å². The molecule has 0 spiro atoms. The molecule has 0 aliphatic carbocycles. The van der Waals surface area contributed by atoms with E-state index < -0.39 is 6.10 Å². The number of rotatable bonds is 1. The minimum atomic E-state index is -0.506. The zero-order valence-corrected chi connectivity index (χ0v) is 15.7. The number of para-hydroxylation sites is 1. The quantitative estimate of drug-likeness (QED) is 0.543. The van der Waals surface area contributed by atoms with Crippen LogP contribution in [0.1, 0.15) is 37.8 Å². The Morgan fingerprint density at radius 1 is 1.16 bits per heavy atom. The third-order valence-electron chi connectivity index (χ3n) is 5.49. The van der Waals surface area contributed by atoms with E-state index in [4.69, 9.17) is 11.6 Å². The Bertz CT molecular complexity index is 973. The summed E-state index contributed by atoms with van der Waals surface area (Å²) in [6.07, 6.45) is 1.44. The van der Waals surface area contributed by atoms with Crippen LogP contribution in [0.25, 0.3) is 22.0 Å². The van der Waals surface area contributed by atoms with E-state index in [-0.39, 0.29) is 11.5 Å². The van der Waals surface area contributed by atoms with Crippen molar-refractivity contribution in [1.82, 2.24) is 4.98 Å². The van der Waals surface area contributed by atoms with E-state index in [1.165, 1.54) is 0 Å². The molecule has 1 aliphatic rings. The Morgan fingerprint density at radius 2 is 1.92 bits per heavy atom. The molecule has 1 aromatic heterocycles. The van der Waals surface area contributed by atoms with Crippen LogP contribution in [0.5, 0.6) is 0 Å². The maximum absolute atomic E-state index is 10.7. The van der Waals surface area contributed by atoms with Crippen LogP contribution in [0, 0.1) is 6.92 Å². The highest BCUT2D eigenvalue weighted by Gasteiger charge is 2.40. The number of hydrogen-bond donors (Lipinski definition) is 3. The molecule has 2 atom stereocenters. The molecule has 3 aromatic rings. The molecule has 0 saturated heterocycles. The zero-order valence-electron chi connectivity index (χ0n) is 14.9. The highest BCUT2D eigenvalue weighted by molar-refractivity contribution is 6.35. The van der Waals surface area contributed by atoms with E-state index in [9.17, 15) is 5.11 Å². The Kier molecular flexibility index (Phi) is 3.64. The van der Waals surface area contributed by atoms with Crippen LogP contribution >= 0.6 is 11.6 Å². The van der Waals surface area contributed by atoms with Gasteiger partial charge in [0.15, 0.2) is 0 Å². The summed E-state index contributed by atoms with van der Waals surface area (Å²) >= 11 is 6.89. The van der Waals surface area contributed by atoms with Crippen molar-refractivity contribution in [1.29, 1.82) is 0 Å². The Morgan fingerprint density at radius 3 is 2.68 bits per heavy atom. The number of aryl methyl sites for hydroxylation is 1. The standard InChI is InChI=1S/C21H23ClN2O/c1-11-10-15(14-7-5-6-13-8-9-23-19(13)14)17(22)16-12(2)20(25)21(3,4)24-18(11)16/h5-10,12,20,23-25H,1-4H3/t12-,20+/m1/s1. The molecule has 0 unspecified atom stereocenters. The summed E-state index contributed by atoms with van der Waals surface area (Å²) < 4.78 is 0. The molecular weight excluding hydrogens is 332 g/mol. The smallest absolute Gasteiger partial charge is 0.0831 e. The lowest BCUT2D eigenvalue weighted by Gasteiger charge is -2.43. The molecule has 4 rings (SSSR count). The highest BCUT2D eigenvalue weighted by Crippen LogP contribution is 2.48. The summed E-state index contributed by atoms with van der Waals surface area (Å²) in [5, 5.41) is 16.1. The van der Waals surface area contributed by atoms with Gasteiger partial charge in [-0.2, -0.15) is 0 Å². The van der Waals surface area contributed by atoms with Crippen LogP contribution in [-0.2, 0) is 0 Å². The number of aliphatic hydroxyl groups is 1. The largest absolute Gasteiger partial charge is 0.390 e. The van der Waals surface area contributed by atoms with Gasteiger partial charge in [-0.15, -0.1) is 0 Å². The summed E-state index contributed by atoms with van der Waals surface area (Å²) in [6, 6.07) is 10.4. The van der Waals surface area contributed by atoms with Gasteiger partial charge in [0.05, 0.1) is 22.2 Å². The van der Waals surface area contributed by atoms with Gasteiger partial charge in [0.2, 0.25) is 0 Å². The number of nitrogens with one attached hydrogen (secondary N) is 2. The van der Waals surface area contributed by atoms with Crippen LogP contribution < -0.4 is 5.32 Å². The van der Waals surface area contributed by atoms with E-state index in [0.29, 0.717) is 0 Å². The lowest BCUT2D eigenvalue weighted by Crippen LogP contribution is -2.50. The number of aromatic amines is 1. The highest BCUT2D eigenvalue weighted by atomic mass is 35.5. The fraction of sp³-hybridized carbons (Fsp3) is 0.333. The van der Waals surface area contributed by atoms with E-state index in [0.717, 1.165) is 43.9 Å². The summed E-state index contributed by atoms with van der Waals surface area (Å²) in [5.74, 6) is -0.0414. The third-order valence-corrected chi connectivity index (χ3v) is 5.90. The van der Waals surface area contributed by atoms with Crippen LogP contribution in [0.15, 0.2) is 36.5 Å². The zero-order chi connectivity index (χ0) is 17.9. The topological polar surface area (TPSA) is 48.0 Å². The Hall–Kier alpha value is -1.97. The normalized spacial score (nSPS) is 21.8. The van der Waals surface area contributed by atoms with Gasteiger partial charge in [0.1, 0.15) is 0 Å². The fourth-order valence-corrected chi connectivity index (χ4v) is 4.52. The number of hydrogen-bond acceptors (Lipinski definition) is 2. The number of benzene rings is 2. The lowest BCUT2D eigenvalue weighted by atomic mass is 9.77. The first-order chi connectivity index (χ1) is 11.8. The number of anilines is 1. The monoisotopic (exact) mass is 354 g/mol. The van der Waals surface area contributed by atoms with E-state index in [1.807, 2.05) is 20.0 Å². The van der Waals surface area contributed by atoms with Crippen molar-refractivity contribution in [3.05, 3.63) is 52.7 Å². The molecule has 3 N–H and O–H groups in total. The van der Waals surface area contributed by atoms with Crippen LogP contribution in [0.2, 0.25) is 5.02 Å². The molecule has 0 radical (unpaired) electrons. The van der Waals surface area contributed by atoms with Crippen LogP contribution in [0.4, 0.5) is 5.69 Å². The second kappa shape index (κ2) is 5.52. The van der Waals surface area contributed by atoms with Gasteiger partial charge in [-0.25, -0.2) is 0 Å². The number of aliphatic hydroxyl groups excluding tert-OH is 1. The van der Waals surface area contributed by atoms with Crippen molar-refractivity contribution in [2.45, 2.75) is 45.3 Å². The van der Waals surface area contributed by atoms with Crippen molar-refractivity contribution >= 4 is 28.2 Å². The molecule has 0 fully saturated rings. The SMILES string of the molecule is Cc1cc(-c2cccc3cc[nH]c23)c(Cl)c2c1NC(C)(C)[C@@H](O)[C@@H]2C. The molecule has 130 valence electrons. The van der Waals surface area contributed by atoms with Crippen molar-refractivity contribution in [2.24, 2.45) is 0 Å². The summed E-state index contributed by atoms with van der Waals surface area (Å²) in [6.45, 7) is 8.20. The molecule has 25 heavy (non-hydrogen) atoms. The second-order valence-electron chi connectivity index (χ2n) is 7.67. The van der Waals surface area contributed by atoms with E-state index >= 15 is 0 Å². The summed E-state index contributed by atoms with van der Waals surface area (Å²) in [4.78, 5) is 3.32. The molecule has 0 bridgehead atoms. The summed E-state index contributed by atoms with van der Waals surface area (Å²) in [7, 11) is 0. The molecule has 2 heterocycles. The van der Waals surface area contributed by atoms with E-state index in [1.54, 1.807) is 0 Å². The molecule has 4 heteroatoms. The van der Waals surface area contributed by atoms with Crippen molar-refractivity contribution in [3.63, 3.8) is 0 Å². The van der Waals surface area contributed by atoms with Gasteiger partial charge in [-0.05, 0) is 43.9 Å². The average Bonchev–Trinajstić information content (AvgIpc) is 3.04. The Balaban J connectivity index is 1.99. The Labute approximate surface area is 153 Å². The van der Waals surface area contributed by atoms with Gasteiger partial charge in [-0.3, -0.25) is 0 Å². The van der Waals surface area contributed by atoms with Gasteiger partial charge in [-0.1, -0.05) is 36.7 Å². The molecule has 3 nitrogen and oxygen atoms in total. The molecular formula is C21H23ClN2O. The molecule has 1 aliphatic heterocycles. The first kappa shape index (κ1) is 16.5. The van der Waals surface area contributed by atoms with Gasteiger partial charge in [0.25, 0.3) is 0 Å². The molecule has 0 amide bonds. The third kappa shape index (κ3) is 2.37. The van der Waals surface area contributed by atoms with Crippen molar-refractivity contribution in [3.8, 4) is 11.1 Å². The predicted molar refractivity (Wildman–Crippen MR) is 106 cm³/mol. The van der Waals surface area contributed by atoms with Crippen molar-refractivity contribution < 1.29 is 5.11 Å². The second-order valence-corrected chi connectivity index (χ2v) is 8.05. The summed E-state index contributed by atoms with van der Waals surface area (Å²) in [5.41, 5.74) is 5.99. The fourth-order valence-electron chi connectivity index (χ4n) is 4.10. The molecule has 0 saturated carbocycles. The minimum absolute atomic E-state index is 0.0414. The predicted octanol–water partition coefficient (Wildman–Crippen LogP) is 5.47. The number of aromatic nitrogens is 1. The molecule has 2 aromatic carbocycles.